The van der Waals surface area contributed by atoms with E-state index < -0.39 is 16.9 Å². The average Bonchev–Trinajstić information content (AvgIpc) is 2.45. The second-order valence-corrected chi connectivity index (χ2v) is 4.68. The van der Waals surface area contributed by atoms with Gasteiger partial charge in [-0.25, -0.2) is 4.79 Å². The molecular weight excluding hydrogens is 296 g/mol. The fourth-order valence-corrected chi connectivity index (χ4v) is 2.04. The third kappa shape index (κ3) is 3.49. The van der Waals surface area contributed by atoms with Gasteiger partial charge in [0.15, 0.2) is 6.04 Å². The molecule has 2 rings (SSSR count). The summed E-state index contributed by atoms with van der Waals surface area (Å²) in [5.74, 6) is -1.14. The molecule has 2 aromatic rings. The van der Waals surface area contributed by atoms with Crippen molar-refractivity contribution in [2.45, 2.75) is 6.04 Å². The van der Waals surface area contributed by atoms with E-state index >= 15 is 0 Å². The zero-order valence-corrected chi connectivity index (χ0v) is 11.4. The molecular formula is C14H11ClN2O4. The van der Waals surface area contributed by atoms with Crippen molar-refractivity contribution >= 4 is 28.9 Å². The van der Waals surface area contributed by atoms with Gasteiger partial charge < -0.3 is 10.4 Å². The number of anilines is 1. The molecule has 0 saturated heterocycles. The minimum Gasteiger partial charge on any atom is -0.479 e. The third-order valence-electron chi connectivity index (χ3n) is 2.83. The number of nitro groups is 1. The number of nitrogens with zero attached hydrogens (tertiary/aromatic N) is 1. The maximum atomic E-state index is 11.4. The number of aliphatic carboxylic acids is 1. The number of nitro benzene ring substituents is 1. The van der Waals surface area contributed by atoms with Gasteiger partial charge in [-0.3, -0.25) is 10.1 Å². The number of rotatable bonds is 5. The number of benzene rings is 2. The molecule has 1 atom stereocenters. The number of nitrogens with one attached hydrogen (secondary N) is 1. The lowest BCUT2D eigenvalue weighted by molar-refractivity contribution is -0.384. The van der Waals surface area contributed by atoms with Gasteiger partial charge in [-0.05, 0) is 17.7 Å². The number of halogens is 1. The summed E-state index contributed by atoms with van der Waals surface area (Å²) < 4.78 is 0. The van der Waals surface area contributed by atoms with E-state index in [1.165, 1.54) is 18.2 Å². The second-order valence-electron chi connectivity index (χ2n) is 4.24. The summed E-state index contributed by atoms with van der Waals surface area (Å²) in [4.78, 5) is 21.8. The van der Waals surface area contributed by atoms with Gasteiger partial charge in [0.25, 0.3) is 5.69 Å². The Labute approximate surface area is 125 Å². The van der Waals surface area contributed by atoms with Crippen molar-refractivity contribution in [3.63, 3.8) is 0 Å². The summed E-state index contributed by atoms with van der Waals surface area (Å²) in [5, 5.41) is 23.3. The summed E-state index contributed by atoms with van der Waals surface area (Å²) in [6.45, 7) is 0. The Hall–Kier alpha value is -2.60. The summed E-state index contributed by atoms with van der Waals surface area (Å²) in [6.07, 6.45) is 0. The molecule has 0 aliphatic rings. The molecule has 7 heteroatoms. The quantitative estimate of drug-likeness (QED) is 0.651. The summed E-state index contributed by atoms with van der Waals surface area (Å²) in [7, 11) is 0. The lowest BCUT2D eigenvalue weighted by Gasteiger charge is -2.16. The van der Waals surface area contributed by atoms with Crippen LogP contribution in [0.3, 0.4) is 0 Å². The largest absolute Gasteiger partial charge is 0.479 e. The van der Waals surface area contributed by atoms with Crippen LogP contribution < -0.4 is 5.32 Å². The number of carbonyl (C=O) groups is 1. The van der Waals surface area contributed by atoms with Crippen LogP contribution in [-0.2, 0) is 4.79 Å². The Morgan fingerprint density at radius 3 is 2.48 bits per heavy atom. The van der Waals surface area contributed by atoms with Crippen LogP contribution in [0.1, 0.15) is 11.6 Å². The second kappa shape index (κ2) is 6.23. The van der Waals surface area contributed by atoms with Gasteiger partial charge in [0.1, 0.15) is 5.69 Å². The predicted molar refractivity (Wildman–Crippen MR) is 78.5 cm³/mol. The fraction of sp³-hybridized carbons (Fsp3) is 0.0714. The Kier molecular flexibility index (Phi) is 4.39. The highest BCUT2D eigenvalue weighted by atomic mass is 35.5. The molecule has 2 N–H and O–H groups in total. The van der Waals surface area contributed by atoms with Crippen molar-refractivity contribution in [1.82, 2.24) is 0 Å². The Balaban J connectivity index is 2.40. The van der Waals surface area contributed by atoms with Crippen LogP contribution in [0.2, 0.25) is 5.02 Å². The molecule has 0 radical (unpaired) electrons. The predicted octanol–water partition coefficient (Wildman–Crippen LogP) is 3.49. The van der Waals surface area contributed by atoms with Crippen LogP contribution in [0.25, 0.3) is 0 Å². The molecule has 0 fully saturated rings. The van der Waals surface area contributed by atoms with Crippen molar-refractivity contribution in [3.8, 4) is 0 Å². The number of hydrogen-bond acceptors (Lipinski definition) is 4. The van der Waals surface area contributed by atoms with Crippen molar-refractivity contribution in [2.75, 3.05) is 5.32 Å². The summed E-state index contributed by atoms with van der Waals surface area (Å²) >= 11 is 5.82. The maximum Gasteiger partial charge on any atom is 0.330 e. The minimum atomic E-state index is -1.14. The Morgan fingerprint density at radius 2 is 1.90 bits per heavy atom. The van der Waals surface area contributed by atoms with Crippen LogP contribution in [-0.4, -0.2) is 16.0 Å². The fourth-order valence-electron chi connectivity index (χ4n) is 1.87. The van der Waals surface area contributed by atoms with Crippen LogP contribution in [0.5, 0.6) is 0 Å². The highest BCUT2D eigenvalue weighted by Crippen LogP contribution is 2.31. The van der Waals surface area contributed by atoms with Crippen molar-refractivity contribution in [2.24, 2.45) is 0 Å². The van der Waals surface area contributed by atoms with Gasteiger partial charge in [0.2, 0.25) is 0 Å². The van der Waals surface area contributed by atoms with Crippen molar-refractivity contribution in [1.29, 1.82) is 0 Å². The van der Waals surface area contributed by atoms with Gasteiger partial charge in [0, 0.05) is 11.1 Å². The molecule has 0 aliphatic heterocycles. The topological polar surface area (TPSA) is 92.5 Å². The molecule has 108 valence electrons. The van der Waals surface area contributed by atoms with Gasteiger partial charge in [0.05, 0.1) is 4.92 Å². The molecule has 0 aliphatic carbocycles. The maximum absolute atomic E-state index is 11.4. The van der Waals surface area contributed by atoms with Crippen molar-refractivity contribution in [3.05, 3.63) is 69.2 Å². The first-order valence-electron chi connectivity index (χ1n) is 5.97. The lowest BCUT2D eigenvalue weighted by Crippen LogP contribution is -2.21. The highest BCUT2D eigenvalue weighted by Gasteiger charge is 2.23. The molecule has 2 aromatic carbocycles. The van der Waals surface area contributed by atoms with Crippen LogP contribution in [0.4, 0.5) is 11.4 Å². The van der Waals surface area contributed by atoms with E-state index in [4.69, 9.17) is 11.6 Å². The SMILES string of the molecule is O=C(O)C(Nc1cc(Cl)ccc1[N+](=O)[O-])c1ccccc1. The van der Waals surface area contributed by atoms with Crippen molar-refractivity contribution < 1.29 is 14.8 Å². The van der Waals surface area contributed by atoms with Gasteiger partial charge in [-0.2, -0.15) is 0 Å². The van der Waals surface area contributed by atoms with E-state index in [-0.39, 0.29) is 16.4 Å². The minimum absolute atomic E-state index is 0.0590. The van der Waals surface area contributed by atoms with E-state index in [2.05, 4.69) is 5.32 Å². The van der Waals surface area contributed by atoms with Gasteiger partial charge in [-0.1, -0.05) is 41.9 Å². The third-order valence-corrected chi connectivity index (χ3v) is 3.07. The summed E-state index contributed by atoms with van der Waals surface area (Å²) in [6, 6.07) is 11.2. The Bertz CT molecular complexity index is 676. The Morgan fingerprint density at radius 1 is 1.24 bits per heavy atom. The number of hydrogen-bond donors (Lipinski definition) is 2. The van der Waals surface area contributed by atoms with Crippen LogP contribution in [0.15, 0.2) is 48.5 Å². The first kappa shape index (κ1) is 14.8. The van der Waals surface area contributed by atoms with E-state index in [1.54, 1.807) is 30.3 Å². The zero-order chi connectivity index (χ0) is 15.4. The first-order chi connectivity index (χ1) is 9.99. The number of carboxylic acid groups (broad SMARTS) is 1. The molecule has 0 spiro atoms. The van der Waals surface area contributed by atoms with E-state index in [0.717, 1.165) is 0 Å². The highest BCUT2D eigenvalue weighted by molar-refractivity contribution is 6.31. The zero-order valence-electron chi connectivity index (χ0n) is 10.7. The molecule has 0 bridgehead atoms. The molecule has 0 aromatic heterocycles. The normalized spacial score (nSPS) is 11.7. The van der Waals surface area contributed by atoms with Crippen LogP contribution >= 0.6 is 11.6 Å². The molecule has 0 heterocycles. The molecule has 21 heavy (non-hydrogen) atoms. The molecule has 0 saturated carbocycles. The van der Waals surface area contributed by atoms with Gasteiger partial charge in [-0.15, -0.1) is 0 Å². The first-order valence-corrected chi connectivity index (χ1v) is 6.35. The smallest absolute Gasteiger partial charge is 0.330 e. The summed E-state index contributed by atoms with van der Waals surface area (Å²) in [5.41, 5.74) is 0.310. The van der Waals surface area contributed by atoms with E-state index in [1.807, 2.05) is 0 Å². The molecule has 1 unspecified atom stereocenters. The van der Waals surface area contributed by atoms with E-state index in [0.29, 0.717) is 5.56 Å². The van der Waals surface area contributed by atoms with Gasteiger partial charge >= 0.3 is 5.97 Å². The molecule has 6 nitrogen and oxygen atoms in total. The lowest BCUT2D eigenvalue weighted by atomic mass is 10.1. The number of carboxylic acids is 1. The average molecular weight is 307 g/mol. The monoisotopic (exact) mass is 306 g/mol. The van der Waals surface area contributed by atoms with E-state index in [9.17, 15) is 20.0 Å². The van der Waals surface area contributed by atoms with Crippen LogP contribution in [0, 0.1) is 10.1 Å². The molecule has 0 amide bonds. The standard InChI is InChI=1S/C14H11ClN2O4/c15-10-6-7-12(17(20)21)11(8-10)16-13(14(18)19)9-4-2-1-3-5-9/h1-8,13,16H,(H,18,19).